The van der Waals surface area contributed by atoms with Gasteiger partial charge in [0.05, 0.1) is 32.0 Å². The van der Waals surface area contributed by atoms with Crippen molar-refractivity contribution in [1.29, 1.82) is 0 Å². The first-order valence-electron chi connectivity index (χ1n) is 18.0. The highest BCUT2D eigenvalue weighted by Gasteiger charge is 2.64. The van der Waals surface area contributed by atoms with E-state index in [0.29, 0.717) is 0 Å². The average molecular weight is 849 g/mol. The first kappa shape index (κ1) is 47.9. The minimum Gasteiger partial charge on any atom is -0.465 e. The molecule has 3 aliphatic rings. The lowest BCUT2D eigenvalue weighted by molar-refractivity contribution is -0.359. The second-order valence-electron chi connectivity index (χ2n) is 13.7. The van der Waals surface area contributed by atoms with Crippen LogP contribution in [0, 0.1) is 0 Å². The van der Waals surface area contributed by atoms with E-state index in [0.717, 1.165) is 62.5 Å². The lowest BCUT2D eigenvalue weighted by atomic mass is 9.86. The molecule has 0 aromatic heterocycles. The van der Waals surface area contributed by atoms with E-state index >= 15 is 0 Å². The summed E-state index contributed by atoms with van der Waals surface area (Å²) >= 11 is 0. The van der Waals surface area contributed by atoms with Crippen molar-refractivity contribution < 1.29 is 105 Å². The fourth-order valence-electron chi connectivity index (χ4n) is 6.88. The number of nitrogens with one attached hydrogen (secondary N) is 2. The normalized spacial score (nSPS) is 30.4. The zero-order chi connectivity index (χ0) is 44.6. The minimum atomic E-state index is -2.92. The van der Waals surface area contributed by atoms with Crippen molar-refractivity contribution >= 4 is 59.6 Å². The molecule has 330 valence electrons. The molecule has 3 aliphatic heterocycles. The molecule has 3 rings (SSSR count). The number of cyclic esters (lactones) is 1. The van der Waals surface area contributed by atoms with Crippen LogP contribution >= 0.6 is 0 Å². The van der Waals surface area contributed by atoms with Gasteiger partial charge in [0.25, 0.3) is 11.6 Å². The molecule has 0 radical (unpaired) electrons. The first-order chi connectivity index (χ1) is 27.4. The third-order valence-electron chi connectivity index (χ3n) is 8.78. The molecular weight excluding hydrogens is 800 g/mol. The van der Waals surface area contributed by atoms with E-state index in [1.54, 1.807) is 0 Å². The summed E-state index contributed by atoms with van der Waals surface area (Å²) in [4.78, 5) is 126. The molecule has 3 N–H and O–H groups in total. The van der Waals surface area contributed by atoms with Crippen molar-refractivity contribution in [2.24, 2.45) is 0 Å². The Hall–Kier alpha value is -5.46. The fourth-order valence-corrected chi connectivity index (χ4v) is 6.88. The van der Waals surface area contributed by atoms with Gasteiger partial charge in [-0.05, 0) is 0 Å². The topological polar surface area (TPSA) is 317 Å². The number of aliphatic hydroxyl groups is 1. The summed E-state index contributed by atoms with van der Waals surface area (Å²) in [6, 6.07) is -3.08. The molecule has 1 spiro atoms. The molecule has 0 unspecified atom stereocenters. The van der Waals surface area contributed by atoms with Gasteiger partial charge in [-0.3, -0.25) is 38.4 Å². The molecule has 0 aromatic rings. The number of hydrogen-bond acceptors (Lipinski definition) is 22. The summed E-state index contributed by atoms with van der Waals surface area (Å²) in [6.07, 6.45) is -15.9. The van der Waals surface area contributed by atoms with Crippen LogP contribution in [0.2, 0.25) is 0 Å². The zero-order valence-electron chi connectivity index (χ0n) is 33.6. The Morgan fingerprint density at radius 3 is 1.69 bits per heavy atom. The Balaban J connectivity index is 2.29. The molecule has 0 bridgehead atoms. The number of carbonyl (C=O) groups excluding carboxylic acids is 10. The van der Waals surface area contributed by atoms with Crippen LogP contribution in [0.3, 0.4) is 0 Å². The Morgan fingerprint density at radius 1 is 0.695 bits per heavy atom. The first-order valence-corrected chi connectivity index (χ1v) is 18.0. The van der Waals surface area contributed by atoms with Gasteiger partial charge in [-0.15, -0.1) is 0 Å². The van der Waals surface area contributed by atoms with Gasteiger partial charge >= 0.3 is 47.8 Å². The van der Waals surface area contributed by atoms with Crippen molar-refractivity contribution in [3.8, 4) is 0 Å². The summed E-state index contributed by atoms with van der Waals surface area (Å²) in [5, 5.41) is 16.4. The van der Waals surface area contributed by atoms with E-state index in [2.05, 4.69) is 10.6 Å². The van der Waals surface area contributed by atoms with Crippen LogP contribution in [0.15, 0.2) is 0 Å². The summed E-state index contributed by atoms with van der Waals surface area (Å²) in [6.45, 7) is 6.40. The van der Waals surface area contributed by atoms with Crippen molar-refractivity contribution in [3.05, 3.63) is 0 Å². The highest BCUT2D eigenvalue weighted by atomic mass is 16.8. The Labute approximate surface area is 336 Å². The van der Waals surface area contributed by atoms with Gasteiger partial charge in [0.2, 0.25) is 11.8 Å². The Morgan fingerprint density at radius 2 is 1.22 bits per heavy atom. The van der Waals surface area contributed by atoms with E-state index in [-0.39, 0.29) is 0 Å². The van der Waals surface area contributed by atoms with Crippen LogP contribution in [0.4, 0.5) is 0 Å². The molecule has 3 heterocycles. The number of carbonyl (C=O) groups is 10. The molecule has 12 atom stereocenters. The smallest absolute Gasteiger partial charge is 0.367 e. The maximum atomic E-state index is 13.9. The number of methoxy groups -OCH3 is 1. The predicted octanol–water partition coefficient (Wildman–Crippen LogP) is -2.70. The lowest BCUT2D eigenvalue weighted by Gasteiger charge is -2.52. The van der Waals surface area contributed by atoms with E-state index < -0.39 is 158 Å². The number of hydrogen-bond donors (Lipinski definition) is 3. The number of ether oxygens (including phenoxy) is 11. The molecule has 2 amide bonds. The molecule has 24 heteroatoms. The van der Waals surface area contributed by atoms with Crippen LogP contribution in [-0.2, 0) is 100 Å². The summed E-state index contributed by atoms with van der Waals surface area (Å²) < 4.78 is 60.9. The van der Waals surface area contributed by atoms with Crippen LogP contribution in [0.25, 0.3) is 0 Å². The molecule has 3 saturated heterocycles. The van der Waals surface area contributed by atoms with Gasteiger partial charge in [-0.2, -0.15) is 0 Å². The Kier molecular flexibility index (Phi) is 16.2. The van der Waals surface area contributed by atoms with E-state index in [4.69, 9.17) is 52.1 Å². The average Bonchev–Trinajstić information content (AvgIpc) is 3.10. The maximum absolute atomic E-state index is 13.9. The SMILES string of the molecule is COC(=O)[C@]1(O)C[C@H](OC(C)=O)[C@@H](NC(C)=O)[C@H]([C@H](OC(C)=O)[C@H]2COC(=O)[C@]3(C[C@H](OC(C)=O)[C@@H](NC(C)=O)[C@H]([C@H](OC(C)=O)[C@@H](COC(C)=O)OC(C)=O)O3)O2)O1. The summed E-state index contributed by atoms with van der Waals surface area (Å²) in [5.74, 6) is -15.8. The van der Waals surface area contributed by atoms with E-state index in [1.165, 1.54) is 0 Å². The van der Waals surface area contributed by atoms with E-state index in [1.807, 2.05) is 0 Å². The second-order valence-corrected chi connectivity index (χ2v) is 13.7. The molecular formula is C35H48N2O22. The summed E-state index contributed by atoms with van der Waals surface area (Å²) in [5.41, 5.74) is 0. The molecule has 0 saturated carbocycles. The number of rotatable bonds is 14. The van der Waals surface area contributed by atoms with Crippen LogP contribution in [-0.4, -0.2) is 157 Å². The maximum Gasteiger partial charge on any atom is 0.367 e. The quantitative estimate of drug-likeness (QED) is 0.118. The van der Waals surface area contributed by atoms with Crippen molar-refractivity contribution in [2.75, 3.05) is 20.3 Å². The largest absolute Gasteiger partial charge is 0.465 e. The molecule has 3 fully saturated rings. The molecule has 0 aromatic carbocycles. The number of amides is 2. The van der Waals surface area contributed by atoms with Crippen molar-refractivity contribution in [1.82, 2.24) is 10.6 Å². The monoisotopic (exact) mass is 848 g/mol. The third-order valence-corrected chi connectivity index (χ3v) is 8.78. The minimum absolute atomic E-state index is 0.752. The fraction of sp³-hybridized carbons (Fsp3) is 0.714. The van der Waals surface area contributed by atoms with Gasteiger partial charge in [0, 0.05) is 55.4 Å². The van der Waals surface area contributed by atoms with Gasteiger partial charge < -0.3 is 67.8 Å². The standard InChI is InChI=1S/C35H48N2O22/c1-14(38)36-26-22(52-17(4)41)10-34(48,32(46)49-9)58-30(26)29(56-21(8)45)25-13-51-33(47)35(57-25)11-23(53-18(5)42)27(37-15(2)39)31(59-35)28(55-20(7)44)24(54-19(6)43)12-50-16(3)40/h22-31,48H,10-13H2,1-9H3,(H,36,38)(H,37,39)/t22-,23-,24+,25+,26+,27+,28+,29+,30+,31+,34-,35+/m0/s1. The molecule has 59 heavy (non-hydrogen) atoms. The van der Waals surface area contributed by atoms with Gasteiger partial charge in [-0.25, -0.2) is 9.59 Å². The zero-order valence-corrected chi connectivity index (χ0v) is 33.6. The molecule has 24 nitrogen and oxygen atoms in total. The van der Waals surface area contributed by atoms with Crippen LogP contribution in [0.5, 0.6) is 0 Å². The van der Waals surface area contributed by atoms with Gasteiger partial charge in [0.15, 0.2) is 18.3 Å². The Bertz CT molecular complexity index is 1670. The van der Waals surface area contributed by atoms with Crippen LogP contribution < -0.4 is 10.6 Å². The molecule has 0 aliphatic carbocycles. The second kappa shape index (κ2) is 20.0. The number of esters is 8. The van der Waals surface area contributed by atoms with Gasteiger partial charge in [-0.1, -0.05) is 0 Å². The highest BCUT2D eigenvalue weighted by molar-refractivity contribution is 5.80. The summed E-state index contributed by atoms with van der Waals surface area (Å²) in [7, 11) is 0.905. The predicted molar refractivity (Wildman–Crippen MR) is 184 cm³/mol. The van der Waals surface area contributed by atoms with Crippen molar-refractivity contribution in [2.45, 2.75) is 141 Å². The van der Waals surface area contributed by atoms with Gasteiger partial charge in [0.1, 0.15) is 43.7 Å². The highest BCUT2D eigenvalue weighted by Crippen LogP contribution is 2.42. The van der Waals surface area contributed by atoms with Crippen LogP contribution in [0.1, 0.15) is 68.2 Å². The lowest BCUT2D eigenvalue weighted by Crippen LogP contribution is -2.73. The van der Waals surface area contributed by atoms with E-state index in [9.17, 15) is 53.1 Å². The van der Waals surface area contributed by atoms with Crippen molar-refractivity contribution in [3.63, 3.8) is 0 Å². The third kappa shape index (κ3) is 12.5.